The van der Waals surface area contributed by atoms with Gasteiger partial charge in [-0.15, -0.1) is 0 Å². The van der Waals surface area contributed by atoms with Crippen molar-refractivity contribution in [1.29, 1.82) is 0 Å². The molecule has 0 amide bonds. The SMILES string of the molecule is CC(C)(C)c1ccc(S(=O)(=O)N2CCC[C@H]2C(=O)O)cc1.CC(C)(C)c1ccc(S(=O)(=O)N2CCC[C@H]2C(=O)O)cc1.CC(C)(C)c1ccc(S(=O)(=O)N2CCC[C@H]2C(=O)O)cc1.CC(C)(C)c1ccc(S(=O)(=O)N2CCC[C@H]2C(=O)O)cc1.[Rh].[Rh]. The Hall–Kier alpha value is -4.35. The standard InChI is InChI=1S/4C15H21NO4S.2Rh/c4*1-15(2,3)11-6-8-12(9-7-11)21(19,20)16-10-4-5-13(16)14(17)18;;/h4*6-9,13H,4-5,10H2,1-3H3,(H,17,18);;/t4*13-;;/m0000../s1. The van der Waals surface area contributed by atoms with Crippen LogP contribution in [0.25, 0.3) is 0 Å². The Kier molecular flexibility index (Phi) is 26.1. The Morgan fingerprint density at radius 1 is 0.314 bits per heavy atom. The minimum Gasteiger partial charge on any atom is -0.480 e. The van der Waals surface area contributed by atoms with E-state index in [1.54, 1.807) is 97.1 Å². The number of hydrogen-bond donors (Lipinski definition) is 4. The zero-order valence-corrected chi connectivity index (χ0v) is 57.4. The Morgan fingerprint density at radius 3 is 0.570 bits per heavy atom. The minimum absolute atomic E-state index is 0. The molecule has 4 fully saturated rings. The van der Waals surface area contributed by atoms with Gasteiger partial charge in [0.1, 0.15) is 24.2 Å². The van der Waals surface area contributed by atoms with E-state index in [1.807, 2.05) is 0 Å². The molecule has 0 aromatic heterocycles. The third-order valence-electron chi connectivity index (χ3n) is 15.3. The maximum absolute atomic E-state index is 12.6. The fourth-order valence-electron chi connectivity index (χ4n) is 10.1. The molecule has 0 spiro atoms. The number of benzene rings is 4. The molecular formula is C60H84N4O16Rh2S4. The molecule has 20 nitrogen and oxygen atoms in total. The second-order valence-corrected chi connectivity index (χ2v) is 33.1. The van der Waals surface area contributed by atoms with Crippen LogP contribution in [0.1, 0.15) is 157 Å². The monoisotopic (exact) mass is 1450 g/mol. The van der Waals surface area contributed by atoms with Crippen molar-refractivity contribution < 1.29 is 112 Å². The maximum Gasteiger partial charge on any atom is 0.322 e. The van der Waals surface area contributed by atoms with E-state index in [-0.39, 0.29) is 106 Å². The van der Waals surface area contributed by atoms with E-state index in [9.17, 15) is 52.8 Å². The van der Waals surface area contributed by atoms with Gasteiger partial charge in [-0.1, -0.05) is 132 Å². The van der Waals surface area contributed by atoms with Crippen molar-refractivity contribution in [2.45, 2.75) is 200 Å². The molecule has 4 saturated heterocycles. The van der Waals surface area contributed by atoms with Gasteiger partial charge in [-0.3, -0.25) is 19.2 Å². The van der Waals surface area contributed by atoms with E-state index in [1.165, 1.54) is 0 Å². The molecule has 0 unspecified atom stereocenters. The van der Waals surface area contributed by atoms with Crippen molar-refractivity contribution in [3.05, 3.63) is 119 Å². The average molecular weight is 1450 g/mol. The van der Waals surface area contributed by atoms with Crippen molar-refractivity contribution in [2.24, 2.45) is 0 Å². The Morgan fingerprint density at radius 2 is 0.453 bits per heavy atom. The average Bonchev–Trinajstić information content (AvgIpc) is 2.47. The molecule has 4 N–H and O–H groups in total. The fraction of sp³-hybridized carbons (Fsp3) is 0.533. The smallest absolute Gasteiger partial charge is 0.322 e. The first-order valence-corrected chi connectivity index (χ1v) is 33.7. The molecule has 8 rings (SSSR count). The van der Waals surface area contributed by atoms with E-state index >= 15 is 0 Å². The van der Waals surface area contributed by atoms with E-state index in [2.05, 4.69) is 83.1 Å². The summed E-state index contributed by atoms with van der Waals surface area (Å²) in [5.74, 6) is -4.32. The fourth-order valence-corrected chi connectivity index (χ4v) is 16.8. The van der Waals surface area contributed by atoms with Crippen LogP contribution in [0.5, 0.6) is 0 Å². The van der Waals surface area contributed by atoms with Crippen molar-refractivity contribution in [3.8, 4) is 0 Å². The molecule has 0 aliphatic carbocycles. The number of aliphatic carboxylic acids is 4. The quantitative estimate of drug-likeness (QED) is 0.0963. The zero-order chi connectivity index (χ0) is 63.3. The van der Waals surface area contributed by atoms with Gasteiger partial charge in [-0.2, -0.15) is 17.2 Å². The summed E-state index contributed by atoms with van der Waals surface area (Å²) in [5, 5.41) is 36.6. The summed E-state index contributed by atoms with van der Waals surface area (Å²) in [6, 6.07) is 23.0. The van der Waals surface area contributed by atoms with Crippen molar-refractivity contribution in [3.63, 3.8) is 0 Å². The number of carboxylic acid groups (broad SMARTS) is 4. The van der Waals surface area contributed by atoms with Gasteiger partial charge >= 0.3 is 23.9 Å². The second kappa shape index (κ2) is 29.5. The summed E-state index contributed by atoms with van der Waals surface area (Å²) >= 11 is 0. The second-order valence-electron chi connectivity index (χ2n) is 25.5. The minimum atomic E-state index is -3.74. The van der Waals surface area contributed by atoms with Crippen molar-refractivity contribution in [2.75, 3.05) is 26.2 Å². The third-order valence-corrected chi connectivity index (χ3v) is 23.0. The molecule has 0 saturated carbocycles. The maximum atomic E-state index is 12.6. The number of nitrogens with zero attached hydrogens (tertiary/aromatic N) is 4. The number of hydrogen-bond acceptors (Lipinski definition) is 12. The molecular weight excluding hydrogens is 1370 g/mol. The summed E-state index contributed by atoms with van der Waals surface area (Å²) in [6.45, 7) is 25.7. The van der Waals surface area contributed by atoms with E-state index in [0.717, 1.165) is 39.5 Å². The first-order valence-electron chi connectivity index (χ1n) is 28.0. The van der Waals surface area contributed by atoms with Gasteiger partial charge < -0.3 is 20.4 Å². The molecule has 2 radical (unpaired) electrons. The van der Waals surface area contributed by atoms with Gasteiger partial charge in [-0.05, 0) is 144 Å². The Labute approximate surface area is 534 Å². The predicted octanol–water partition coefficient (Wildman–Crippen LogP) is 8.88. The first-order chi connectivity index (χ1) is 38.5. The zero-order valence-electron chi connectivity index (χ0n) is 50.8. The normalized spacial score (nSPS) is 20.1. The summed E-state index contributed by atoms with van der Waals surface area (Å²) in [6.07, 6.45) is 3.80. The molecule has 26 heteroatoms. The van der Waals surface area contributed by atoms with Crippen LogP contribution in [-0.4, -0.2) is 146 Å². The molecule has 0 bridgehead atoms. The topological polar surface area (TPSA) is 299 Å². The van der Waals surface area contributed by atoms with Gasteiger partial charge in [0.2, 0.25) is 40.1 Å². The molecule has 4 atom stereocenters. The molecule has 4 heterocycles. The Bertz CT molecular complexity index is 2990. The molecule has 4 aliphatic heterocycles. The van der Waals surface area contributed by atoms with Gasteiger partial charge in [0.15, 0.2) is 0 Å². The van der Waals surface area contributed by atoms with E-state index in [4.69, 9.17) is 20.4 Å². The van der Waals surface area contributed by atoms with Crippen molar-refractivity contribution >= 4 is 64.0 Å². The van der Waals surface area contributed by atoms with E-state index in [0.29, 0.717) is 51.4 Å². The van der Waals surface area contributed by atoms with Crippen LogP contribution in [0.2, 0.25) is 0 Å². The number of carbonyl (C=O) groups is 4. The number of carboxylic acids is 4. The molecule has 482 valence electrons. The Balaban J connectivity index is 0.000000298. The first kappa shape index (κ1) is 75.9. The summed E-state index contributed by atoms with van der Waals surface area (Å²) in [5.41, 5.74) is 3.93. The largest absolute Gasteiger partial charge is 0.480 e. The molecule has 4 aromatic rings. The van der Waals surface area contributed by atoms with E-state index < -0.39 is 88.1 Å². The van der Waals surface area contributed by atoms with Crippen LogP contribution in [0, 0.1) is 0 Å². The molecule has 4 aromatic carbocycles. The van der Waals surface area contributed by atoms with Gasteiger partial charge in [0.25, 0.3) is 0 Å². The van der Waals surface area contributed by atoms with Crippen LogP contribution in [0.15, 0.2) is 117 Å². The van der Waals surface area contributed by atoms with Crippen LogP contribution in [0.3, 0.4) is 0 Å². The van der Waals surface area contributed by atoms with Gasteiger partial charge in [-0.25, -0.2) is 33.7 Å². The number of sulfonamides is 4. The van der Waals surface area contributed by atoms with Crippen LogP contribution in [0.4, 0.5) is 0 Å². The van der Waals surface area contributed by atoms with Crippen LogP contribution >= 0.6 is 0 Å². The summed E-state index contributed by atoms with van der Waals surface area (Å²) < 4.78 is 105. The molecule has 4 aliphatic rings. The summed E-state index contributed by atoms with van der Waals surface area (Å²) in [7, 11) is -15.0. The third kappa shape index (κ3) is 18.4. The predicted molar refractivity (Wildman–Crippen MR) is 319 cm³/mol. The molecule has 86 heavy (non-hydrogen) atoms. The van der Waals surface area contributed by atoms with Gasteiger partial charge in [0.05, 0.1) is 19.6 Å². The number of rotatable bonds is 12. The summed E-state index contributed by atoms with van der Waals surface area (Å²) in [4.78, 5) is 45.3. The van der Waals surface area contributed by atoms with Crippen molar-refractivity contribution in [1.82, 2.24) is 17.2 Å². The van der Waals surface area contributed by atoms with Crippen LogP contribution in [-0.2, 0) is 120 Å². The van der Waals surface area contributed by atoms with Crippen LogP contribution < -0.4 is 0 Å². The van der Waals surface area contributed by atoms with Gasteiger partial charge in [0, 0.05) is 65.1 Å².